The normalized spacial score (nSPS) is 16.9. The summed E-state index contributed by atoms with van der Waals surface area (Å²) < 4.78 is 6.57. The number of nitrogens with zero attached hydrogens (tertiary/aromatic N) is 1. The van der Waals surface area contributed by atoms with Gasteiger partial charge in [-0.15, -0.1) is 0 Å². The Morgan fingerprint density at radius 2 is 1.91 bits per heavy atom. The second-order valence-corrected chi connectivity index (χ2v) is 6.76. The fourth-order valence-electron chi connectivity index (χ4n) is 3.01. The molecule has 4 nitrogen and oxygen atoms in total. The first-order valence-electron chi connectivity index (χ1n) is 8.05. The number of rotatable bonds is 5. The highest BCUT2D eigenvalue weighted by molar-refractivity contribution is 9.10. The van der Waals surface area contributed by atoms with Crippen LogP contribution in [0.4, 0.5) is 0 Å². The van der Waals surface area contributed by atoms with E-state index in [9.17, 15) is 4.79 Å². The lowest BCUT2D eigenvalue weighted by atomic mass is 10.1. The minimum absolute atomic E-state index is 0.0499. The maximum Gasteiger partial charge on any atom is 0.251 e. The van der Waals surface area contributed by atoms with E-state index in [0.29, 0.717) is 12.1 Å². The molecule has 1 atom stereocenters. The molecule has 23 heavy (non-hydrogen) atoms. The Balaban J connectivity index is 1.66. The van der Waals surface area contributed by atoms with Crippen molar-refractivity contribution < 1.29 is 9.21 Å². The van der Waals surface area contributed by atoms with Crippen LogP contribution < -0.4 is 5.32 Å². The minimum Gasteiger partial charge on any atom is -0.468 e. The molecule has 0 bridgehead atoms. The highest BCUT2D eigenvalue weighted by Crippen LogP contribution is 2.24. The molecule has 3 rings (SSSR count). The topological polar surface area (TPSA) is 45.5 Å². The first kappa shape index (κ1) is 16.3. The fourth-order valence-corrected chi connectivity index (χ4v) is 3.28. The number of hydrogen-bond donors (Lipinski definition) is 1. The van der Waals surface area contributed by atoms with Gasteiger partial charge in [0, 0.05) is 16.6 Å². The molecule has 1 aromatic carbocycles. The second kappa shape index (κ2) is 7.79. The molecule has 1 aliphatic heterocycles. The van der Waals surface area contributed by atoms with E-state index in [0.717, 1.165) is 23.3 Å². The quantitative estimate of drug-likeness (QED) is 0.857. The molecule has 0 saturated carbocycles. The average Bonchev–Trinajstić information content (AvgIpc) is 3.11. The third kappa shape index (κ3) is 4.24. The van der Waals surface area contributed by atoms with Gasteiger partial charge in [-0.25, -0.2) is 0 Å². The van der Waals surface area contributed by atoms with Crippen molar-refractivity contribution in [2.75, 3.05) is 19.6 Å². The number of halogens is 1. The molecule has 1 aromatic heterocycles. The zero-order valence-electron chi connectivity index (χ0n) is 13.0. The van der Waals surface area contributed by atoms with Gasteiger partial charge in [-0.05, 0) is 62.3 Å². The van der Waals surface area contributed by atoms with Crippen LogP contribution >= 0.6 is 15.9 Å². The third-order valence-electron chi connectivity index (χ3n) is 4.27. The van der Waals surface area contributed by atoms with Gasteiger partial charge in [-0.2, -0.15) is 0 Å². The molecular formula is C18H21BrN2O2. The maximum atomic E-state index is 12.3. The van der Waals surface area contributed by atoms with E-state index < -0.39 is 0 Å². The summed E-state index contributed by atoms with van der Waals surface area (Å²) in [7, 11) is 0. The van der Waals surface area contributed by atoms with E-state index in [-0.39, 0.29) is 11.9 Å². The maximum absolute atomic E-state index is 12.3. The number of benzene rings is 1. The Morgan fingerprint density at radius 3 is 2.57 bits per heavy atom. The van der Waals surface area contributed by atoms with Crippen molar-refractivity contribution in [3.8, 4) is 0 Å². The van der Waals surface area contributed by atoms with Crippen LogP contribution in [0.25, 0.3) is 0 Å². The highest BCUT2D eigenvalue weighted by atomic mass is 79.9. The predicted octanol–water partition coefficient (Wildman–Crippen LogP) is 4.00. The standard InChI is InChI=1S/C18H21BrN2O2/c19-15-8-6-14(7-9-15)18(22)20-13-16(17-5-4-12-23-17)21-10-2-1-3-11-21/h4-9,12,16H,1-3,10-11,13H2,(H,20,22)/t16-/m1/s1. The van der Waals surface area contributed by atoms with Crippen LogP contribution in [0, 0.1) is 0 Å². The zero-order valence-corrected chi connectivity index (χ0v) is 14.6. The van der Waals surface area contributed by atoms with E-state index in [1.165, 1.54) is 19.3 Å². The summed E-state index contributed by atoms with van der Waals surface area (Å²) in [6.07, 6.45) is 5.39. The van der Waals surface area contributed by atoms with Crippen molar-refractivity contribution in [3.63, 3.8) is 0 Å². The van der Waals surface area contributed by atoms with Gasteiger partial charge >= 0.3 is 0 Å². The lowest BCUT2D eigenvalue weighted by molar-refractivity contribution is 0.0914. The van der Waals surface area contributed by atoms with E-state index >= 15 is 0 Å². The minimum atomic E-state index is -0.0499. The number of piperidine rings is 1. The molecule has 0 radical (unpaired) electrons. The number of hydrogen-bond acceptors (Lipinski definition) is 3. The smallest absolute Gasteiger partial charge is 0.251 e. The van der Waals surface area contributed by atoms with Crippen LogP contribution in [0.2, 0.25) is 0 Å². The average molecular weight is 377 g/mol. The van der Waals surface area contributed by atoms with Gasteiger partial charge in [0.2, 0.25) is 0 Å². The molecule has 0 aliphatic carbocycles. The number of amides is 1. The summed E-state index contributed by atoms with van der Waals surface area (Å²) in [4.78, 5) is 14.7. The summed E-state index contributed by atoms with van der Waals surface area (Å²) in [6.45, 7) is 2.67. The van der Waals surface area contributed by atoms with E-state index in [1.807, 2.05) is 36.4 Å². The van der Waals surface area contributed by atoms with Crippen LogP contribution in [0.15, 0.2) is 51.6 Å². The van der Waals surface area contributed by atoms with Gasteiger partial charge in [0.25, 0.3) is 5.91 Å². The fraction of sp³-hybridized carbons (Fsp3) is 0.389. The first-order valence-corrected chi connectivity index (χ1v) is 8.84. The van der Waals surface area contributed by atoms with Crippen LogP contribution in [-0.4, -0.2) is 30.4 Å². The van der Waals surface area contributed by atoms with Crippen molar-refractivity contribution in [2.45, 2.75) is 25.3 Å². The van der Waals surface area contributed by atoms with Gasteiger partial charge in [0.15, 0.2) is 0 Å². The van der Waals surface area contributed by atoms with Crippen molar-refractivity contribution >= 4 is 21.8 Å². The van der Waals surface area contributed by atoms with Crippen LogP contribution in [-0.2, 0) is 0 Å². The molecule has 1 amide bonds. The van der Waals surface area contributed by atoms with E-state index in [1.54, 1.807) is 6.26 Å². The number of carbonyl (C=O) groups is 1. The van der Waals surface area contributed by atoms with Crippen molar-refractivity contribution in [1.29, 1.82) is 0 Å². The Hall–Kier alpha value is -1.59. The van der Waals surface area contributed by atoms with Crippen LogP contribution in [0.1, 0.15) is 41.4 Å². The van der Waals surface area contributed by atoms with Gasteiger partial charge < -0.3 is 9.73 Å². The van der Waals surface area contributed by atoms with Gasteiger partial charge in [-0.3, -0.25) is 9.69 Å². The predicted molar refractivity (Wildman–Crippen MR) is 93.3 cm³/mol. The van der Waals surface area contributed by atoms with Gasteiger partial charge in [0.1, 0.15) is 5.76 Å². The number of likely N-dealkylation sites (tertiary alicyclic amines) is 1. The molecule has 1 aliphatic rings. The molecule has 0 unspecified atom stereocenters. The Kier molecular flexibility index (Phi) is 5.51. The SMILES string of the molecule is O=C(NC[C@H](c1ccco1)N1CCCCC1)c1ccc(Br)cc1. The summed E-state index contributed by atoms with van der Waals surface area (Å²) in [6, 6.07) is 11.4. The van der Waals surface area contributed by atoms with E-state index in [2.05, 4.69) is 26.1 Å². The Labute approximate surface area is 145 Å². The van der Waals surface area contributed by atoms with Crippen molar-refractivity contribution in [2.24, 2.45) is 0 Å². The molecule has 2 heterocycles. The third-order valence-corrected chi connectivity index (χ3v) is 4.79. The number of furan rings is 1. The largest absolute Gasteiger partial charge is 0.468 e. The van der Waals surface area contributed by atoms with Crippen molar-refractivity contribution in [3.05, 3.63) is 58.5 Å². The van der Waals surface area contributed by atoms with Crippen LogP contribution in [0.5, 0.6) is 0 Å². The Morgan fingerprint density at radius 1 is 1.17 bits per heavy atom. The van der Waals surface area contributed by atoms with E-state index in [4.69, 9.17) is 4.42 Å². The number of carbonyl (C=O) groups excluding carboxylic acids is 1. The molecule has 1 N–H and O–H groups in total. The molecule has 0 spiro atoms. The van der Waals surface area contributed by atoms with Crippen LogP contribution in [0.3, 0.4) is 0 Å². The highest BCUT2D eigenvalue weighted by Gasteiger charge is 2.25. The summed E-state index contributed by atoms with van der Waals surface area (Å²) in [5, 5.41) is 3.05. The molecular weight excluding hydrogens is 356 g/mol. The molecule has 122 valence electrons. The molecule has 1 saturated heterocycles. The molecule has 2 aromatic rings. The second-order valence-electron chi connectivity index (χ2n) is 5.84. The van der Waals surface area contributed by atoms with Gasteiger partial charge in [0.05, 0.1) is 12.3 Å². The zero-order chi connectivity index (χ0) is 16.1. The molecule has 1 fully saturated rings. The summed E-state index contributed by atoms with van der Waals surface area (Å²) in [5.41, 5.74) is 0.671. The summed E-state index contributed by atoms with van der Waals surface area (Å²) >= 11 is 3.38. The van der Waals surface area contributed by atoms with Crippen molar-refractivity contribution in [1.82, 2.24) is 10.2 Å². The molecule has 5 heteroatoms. The Bertz CT molecular complexity index is 619. The first-order chi connectivity index (χ1) is 11.2. The summed E-state index contributed by atoms with van der Waals surface area (Å²) in [5.74, 6) is 0.870. The van der Waals surface area contributed by atoms with Gasteiger partial charge in [-0.1, -0.05) is 22.4 Å². The lowest BCUT2D eigenvalue weighted by Crippen LogP contribution is -2.40. The number of nitrogens with one attached hydrogen (secondary N) is 1. The monoisotopic (exact) mass is 376 g/mol. The lowest BCUT2D eigenvalue weighted by Gasteiger charge is -2.33.